The molecule has 0 saturated carbocycles. The van der Waals surface area contributed by atoms with Gasteiger partial charge in [-0.05, 0) is 30.5 Å². The number of aryl methyl sites for hydroxylation is 1. The molecule has 0 aliphatic rings. The fraction of sp³-hybridized carbons (Fsp3) is 0.120. The standard InChI is InChI=1S/C25H20N4O3S/c1-15-26-23-24(33-15)22(17-9-5-10-18(13-17)32-2)28-29(25(23)31)14-21(30)27-20-12-6-8-16-7-3-4-11-19(16)20/h3-13H,14H2,1-2H3,(H,27,30). The zero-order valence-corrected chi connectivity index (χ0v) is 18.8. The van der Waals surface area contributed by atoms with Crippen molar-refractivity contribution in [2.75, 3.05) is 12.4 Å². The van der Waals surface area contributed by atoms with E-state index in [0.717, 1.165) is 21.3 Å². The molecule has 2 heterocycles. The SMILES string of the molecule is COc1cccc(-c2nn(CC(=O)Nc3cccc4ccccc34)c(=O)c3nc(C)sc23)c1. The van der Waals surface area contributed by atoms with Gasteiger partial charge in [0.1, 0.15) is 18.0 Å². The van der Waals surface area contributed by atoms with Crippen LogP contribution in [0.3, 0.4) is 0 Å². The van der Waals surface area contributed by atoms with E-state index >= 15 is 0 Å². The highest BCUT2D eigenvalue weighted by atomic mass is 32.1. The number of carbonyl (C=O) groups excluding carboxylic acids is 1. The summed E-state index contributed by atoms with van der Waals surface area (Å²) in [7, 11) is 1.59. The minimum Gasteiger partial charge on any atom is -0.497 e. The number of fused-ring (bicyclic) bond motifs is 2. The Balaban J connectivity index is 1.54. The zero-order valence-electron chi connectivity index (χ0n) is 18.0. The number of anilines is 1. The van der Waals surface area contributed by atoms with Crippen molar-refractivity contribution in [3.63, 3.8) is 0 Å². The maximum Gasteiger partial charge on any atom is 0.294 e. The van der Waals surface area contributed by atoms with Crippen LogP contribution >= 0.6 is 11.3 Å². The monoisotopic (exact) mass is 456 g/mol. The molecule has 33 heavy (non-hydrogen) atoms. The van der Waals surface area contributed by atoms with E-state index in [1.165, 1.54) is 16.0 Å². The Morgan fingerprint density at radius 1 is 1.09 bits per heavy atom. The quantitative estimate of drug-likeness (QED) is 0.417. The molecule has 0 unspecified atom stereocenters. The third-order valence-corrected chi connectivity index (χ3v) is 6.28. The second-order valence-corrected chi connectivity index (χ2v) is 8.73. The van der Waals surface area contributed by atoms with Crippen molar-refractivity contribution in [2.24, 2.45) is 0 Å². The second-order valence-electron chi connectivity index (χ2n) is 7.53. The molecule has 0 radical (unpaired) electrons. The number of ether oxygens (including phenoxy) is 1. The van der Waals surface area contributed by atoms with Gasteiger partial charge in [0.2, 0.25) is 5.91 Å². The maximum absolute atomic E-state index is 13.1. The van der Waals surface area contributed by atoms with Crippen molar-refractivity contribution in [3.8, 4) is 17.0 Å². The Hall–Kier alpha value is -4.04. The van der Waals surface area contributed by atoms with Crippen LogP contribution in [0.1, 0.15) is 5.01 Å². The Bertz CT molecular complexity index is 1570. The molecule has 8 heteroatoms. The van der Waals surface area contributed by atoms with Gasteiger partial charge in [-0.15, -0.1) is 11.3 Å². The third kappa shape index (κ3) is 3.96. The number of benzene rings is 3. The number of amides is 1. The topological polar surface area (TPSA) is 86.1 Å². The molecular formula is C25H20N4O3S. The molecule has 3 aromatic carbocycles. The van der Waals surface area contributed by atoms with Gasteiger partial charge in [-0.3, -0.25) is 9.59 Å². The predicted molar refractivity (Wildman–Crippen MR) is 131 cm³/mol. The van der Waals surface area contributed by atoms with E-state index in [0.29, 0.717) is 27.3 Å². The largest absolute Gasteiger partial charge is 0.497 e. The van der Waals surface area contributed by atoms with Gasteiger partial charge in [-0.25, -0.2) is 9.67 Å². The molecule has 164 valence electrons. The van der Waals surface area contributed by atoms with Crippen LogP contribution in [0.25, 0.3) is 32.2 Å². The lowest BCUT2D eigenvalue weighted by Gasteiger charge is -2.11. The summed E-state index contributed by atoms with van der Waals surface area (Å²) in [5.41, 5.74) is 1.97. The summed E-state index contributed by atoms with van der Waals surface area (Å²) in [6, 6.07) is 20.9. The molecule has 5 rings (SSSR count). The van der Waals surface area contributed by atoms with E-state index in [9.17, 15) is 9.59 Å². The Morgan fingerprint density at radius 2 is 1.88 bits per heavy atom. The highest BCUT2D eigenvalue weighted by molar-refractivity contribution is 7.19. The highest BCUT2D eigenvalue weighted by Crippen LogP contribution is 2.31. The number of nitrogens with zero attached hydrogens (tertiary/aromatic N) is 3. The molecule has 0 fully saturated rings. The minimum absolute atomic E-state index is 0.231. The van der Waals surface area contributed by atoms with Crippen LogP contribution in [-0.4, -0.2) is 27.8 Å². The van der Waals surface area contributed by atoms with Gasteiger partial charge < -0.3 is 10.1 Å². The Morgan fingerprint density at radius 3 is 2.73 bits per heavy atom. The first-order valence-corrected chi connectivity index (χ1v) is 11.2. The van der Waals surface area contributed by atoms with E-state index < -0.39 is 5.56 Å². The van der Waals surface area contributed by atoms with Crippen molar-refractivity contribution in [1.82, 2.24) is 14.8 Å². The summed E-state index contributed by atoms with van der Waals surface area (Å²) >= 11 is 1.40. The molecule has 5 aromatic rings. The van der Waals surface area contributed by atoms with Crippen molar-refractivity contribution in [2.45, 2.75) is 13.5 Å². The van der Waals surface area contributed by atoms with Crippen LogP contribution in [0.15, 0.2) is 71.5 Å². The summed E-state index contributed by atoms with van der Waals surface area (Å²) in [5, 5.41) is 10.2. The number of aromatic nitrogens is 3. The average Bonchev–Trinajstić information content (AvgIpc) is 3.23. The molecule has 1 N–H and O–H groups in total. The number of rotatable bonds is 5. The lowest BCUT2D eigenvalue weighted by Crippen LogP contribution is -2.30. The van der Waals surface area contributed by atoms with Crippen LogP contribution in [0, 0.1) is 6.92 Å². The molecule has 2 aromatic heterocycles. The van der Waals surface area contributed by atoms with Crippen molar-refractivity contribution in [3.05, 3.63) is 82.1 Å². The van der Waals surface area contributed by atoms with Crippen molar-refractivity contribution >= 4 is 43.9 Å². The van der Waals surface area contributed by atoms with Gasteiger partial charge in [-0.1, -0.05) is 48.5 Å². The van der Waals surface area contributed by atoms with E-state index in [1.807, 2.05) is 73.7 Å². The summed E-state index contributed by atoms with van der Waals surface area (Å²) in [6.07, 6.45) is 0. The fourth-order valence-electron chi connectivity index (χ4n) is 3.79. The number of nitrogens with one attached hydrogen (secondary N) is 1. The van der Waals surface area contributed by atoms with Crippen LogP contribution in [0.4, 0.5) is 5.69 Å². The van der Waals surface area contributed by atoms with E-state index in [1.54, 1.807) is 7.11 Å². The van der Waals surface area contributed by atoms with E-state index in [4.69, 9.17) is 4.74 Å². The first-order valence-electron chi connectivity index (χ1n) is 10.3. The second kappa shape index (κ2) is 8.48. The molecule has 0 spiro atoms. The first kappa shape index (κ1) is 20.8. The van der Waals surface area contributed by atoms with Gasteiger partial charge in [0.25, 0.3) is 5.56 Å². The minimum atomic E-state index is -0.394. The number of hydrogen-bond acceptors (Lipinski definition) is 6. The number of carbonyl (C=O) groups is 1. The molecule has 0 bridgehead atoms. The van der Waals surface area contributed by atoms with Crippen molar-refractivity contribution < 1.29 is 9.53 Å². The first-order chi connectivity index (χ1) is 16.0. The predicted octanol–water partition coefficient (Wildman–Crippen LogP) is 4.63. The molecule has 0 aliphatic heterocycles. The summed E-state index contributed by atoms with van der Waals surface area (Å²) < 4.78 is 7.21. The molecular weight excluding hydrogens is 436 g/mol. The number of methoxy groups -OCH3 is 1. The van der Waals surface area contributed by atoms with Gasteiger partial charge >= 0.3 is 0 Å². The van der Waals surface area contributed by atoms with Gasteiger partial charge in [0, 0.05) is 16.6 Å². The van der Waals surface area contributed by atoms with Gasteiger partial charge in [0.05, 0.1) is 16.8 Å². The Kier molecular flexibility index (Phi) is 5.35. The fourth-order valence-corrected chi connectivity index (χ4v) is 4.71. The van der Waals surface area contributed by atoms with E-state index in [2.05, 4.69) is 15.4 Å². The van der Waals surface area contributed by atoms with Crippen LogP contribution in [-0.2, 0) is 11.3 Å². The van der Waals surface area contributed by atoms with Crippen LogP contribution < -0.4 is 15.6 Å². The Labute approximate surface area is 193 Å². The molecule has 0 saturated heterocycles. The van der Waals surface area contributed by atoms with Crippen molar-refractivity contribution in [1.29, 1.82) is 0 Å². The zero-order chi connectivity index (χ0) is 22.9. The molecule has 7 nitrogen and oxygen atoms in total. The normalized spacial score (nSPS) is 11.1. The molecule has 0 aliphatic carbocycles. The molecule has 1 amide bonds. The lowest BCUT2D eigenvalue weighted by atomic mass is 10.1. The smallest absolute Gasteiger partial charge is 0.294 e. The van der Waals surface area contributed by atoms with Crippen LogP contribution in [0.2, 0.25) is 0 Å². The maximum atomic E-state index is 13.1. The average molecular weight is 457 g/mol. The summed E-state index contributed by atoms with van der Waals surface area (Å²) in [6.45, 7) is 1.61. The molecule has 0 atom stereocenters. The van der Waals surface area contributed by atoms with E-state index in [-0.39, 0.29) is 12.5 Å². The highest BCUT2D eigenvalue weighted by Gasteiger charge is 2.18. The third-order valence-electron chi connectivity index (χ3n) is 5.31. The van der Waals surface area contributed by atoms with Gasteiger partial charge in [0.15, 0.2) is 5.52 Å². The van der Waals surface area contributed by atoms with Crippen LogP contribution in [0.5, 0.6) is 5.75 Å². The lowest BCUT2D eigenvalue weighted by molar-refractivity contribution is -0.117. The number of thiazole rings is 1. The summed E-state index contributed by atoms with van der Waals surface area (Å²) in [5.74, 6) is 0.332. The number of hydrogen-bond donors (Lipinski definition) is 1. The van der Waals surface area contributed by atoms with Gasteiger partial charge in [-0.2, -0.15) is 5.10 Å². The summed E-state index contributed by atoms with van der Waals surface area (Å²) in [4.78, 5) is 30.4.